The number of halogens is 1. The summed E-state index contributed by atoms with van der Waals surface area (Å²) in [5.74, 6) is -0.986. The molecule has 1 atom stereocenters. The first kappa shape index (κ1) is 27.5. The summed E-state index contributed by atoms with van der Waals surface area (Å²) in [7, 11) is 0. The summed E-state index contributed by atoms with van der Waals surface area (Å²) in [6.07, 6.45) is 4.57. The summed E-state index contributed by atoms with van der Waals surface area (Å²) in [6.45, 7) is 6.92. The Kier molecular flexibility index (Phi) is 10.1. The fraction of sp³-hybridized carbons (Fsp3) is 0.414. The van der Waals surface area contributed by atoms with Gasteiger partial charge in [0, 0.05) is 35.2 Å². The second-order valence-electron chi connectivity index (χ2n) is 9.02. The smallest absolute Gasteiger partial charge is 0.336 e. The summed E-state index contributed by atoms with van der Waals surface area (Å²) in [4.78, 5) is 40.2. The molecule has 6 nitrogen and oxygen atoms in total. The lowest BCUT2D eigenvalue weighted by Gasteiger charge is -2.34. The molecular weight excluding hydrogens is 476 g/mol. The van der Waals surface area contributed by atoms with E-state index in [4.69, 9.17) is 16.3 Å². The number of carbonyl (C=O) groups is 3. The first-order chi connectivity index (χ1) is 17.3. The molecule has 0 fully saturated rings. The van der Waals surface area contributed by atoms with Crippen molar-refractivity contribution in [1.82, 2.24) is 10.2 Å². The van der Waals surface area contributed by atoms with Crippen LogP contribution in [0.2, 0.25) is 5.02 Å². The summed E-state index contributed by atoms with van der Waals surface area (Å²) < 4.78 is 5.35. The third kappa shape index (κ3) is 6.97. The minimum atomic E-state index is -0.418. The van der Waals surface area contributed by atoms with Crippen LogP contribution in [-0.2, 0) is 20.9 Å². The predicted molar refractivity (Wildman–Crippen MR) is 142 cm³/mol. The molecule has 0 aliphatic carbocycles. The number of ether oxygens (including phenoxy) is 1. The van der Waals surface area contributed by atoms with Gasteiger partial charge >= 0.3 is 5.97 Å². The zero-order chi connectivity index (χ0) is 26.1. The maximum absolute atomic E-state index is 13.2. The minimum absolute atomic E-state index is 0.0746. The van der Waals surface area contributed by atoms with E-state index < -0.39 is 11.9 Å². The van der Waals surface area contributed by atoms with Crippen molar-refractivity contribution in [2.45, 2.75) is 65.3 Å². The summed E-state index contributed by atoms with van der Waals surface area (Å²) in [6, 6.07) is 14.4. The average molecular weight is 511 g/mol. The van der Waals surface area contributed by atoms with E-state index in [0.717, 1.165) is 30.4 Å². The molecule has 7 heteroatoms. The van der Waals surface area contributed by atoms with Crippen LogP contribution in [0.5, 0.6) is 0 Å². The van der Waals surface area contributed by atoms with Crippen molar-refractivity contribution in [2.24, 2.45) is 0 Å². The van der Waals surface area contributed by atoms with Crippen LogP contribution in [0, 0.1) is 0 Å². The maximum atomic E-state index is 13.2. The van der Waals surface area contributed by atoms with Crippen LogP contribution in [0.3, 0.4) is 0 Å². The van der Waals surface area contributed by atoms with Crippen molar-refractivity contribution in [2.75, 3.05) is 13.2 Å². The number of carbonyl (C=O) groups excluding carboxylic acids is 3. The van der Waals surface area contributed by atoms with Gasteiger partial charge in [-0.15, -0.1) is 0 Å². The van der Waals surface area contributed by atoms with E-state index >= 15 is 0 Å². The van der Waals surface area contributed by atoms with Crippen LogP contribution in [0.25, 0.3) is 0 Å². The van der Waals surface area contributed by atoms with Gasteiger partial charge in [0.1, 0.15) is 0 Å². The molecule has 36 heavy (non-hydrogen) atoms. The van der Waals surface area contributed by atoms with Crippen LogP contribution >= 0.6 is 11.6 Å². The van der Waals surface area contributed by atoms with E-state index in [1.165, 1.54) is 6.42 Å². The van der Waals surface area contributed by atoms with Gasteiger partial charge in [0.15, 0.2) is 0 Å². The Morgan fingerprint density at radius 2 is 1.72 bits per heavy atom. The van der Waals surface area contributed by atoms with E-state index in [2.05, 4.69) is 12.2 Å². The number of nitrogens with zero attached hydrogens (tertiary/aromatic N) is 1. The normalized spacial score (nSPS) is 15.7. The summed E-state index contributed by atoms with van der Waals surface area (Å²) in [5.41, 5.74) is 3.37. The van der Waals surface area contributed by atoms with E-state index in [-0.39, 0.29) is 24.8 Å². The van der Waals surface area contributed by atoms with Crippen LogP contribution in [0.1, 0.15) is 80.3 Å². The average Bonchev–Trinajstić information content (AvgIpc) is 2.87. The van der Waals surface area contributed by atoms with Gasteiger partial charge in [-0.05, 0) is 55.7 Å². The van der Waals surface area contributed by atoms with Crippen LogP contribution < -0.4 is 5.32 Å². The second-order valence-corrected chi connectivity index (χ2v) is 9.46. The van der Waals surface area contributed by atoms with E-state index in [9.17, 15) is 14.4 Å². The molecule has 1 N–H and O–H groups in total. The lowest BCUT2D eigenvalue weighted by Crippen LogP contribution is -2.38. The first-order valence-electron chi connectivity index (χ1n) is 12.7. The van der Waals surface area contributed by atoms with Gasteiger partial charge in [-0.25, -0.2) is 4.79 Å². The molecule has 1 heterocycles. The highest BCUT2D eigenvalue weighted by Gasteiger charge is 2.36. The molecule has 2 aromatic rings. The number of nitrogens with one attached hydrogen (secondary N) is 1. The van der Waals surface area contributed by atoms with Crippen LogP contribution in [-0.4, -0.2) is 35.8 Å². The number of unbranched alkanes of at least 4 members (excludes halogenated alkanes) is 3. The van der Waals surface area contributed by atoms with E-state index in [1.54, 1.807) is 43.0 Å². The fourth-order valence-corrected chi connectivity index (χ4v) is 4.58. The van der Waals surface area contributed by atoms with Crippen molar-refractivity contribution in [3.05, 3.63) is 81.5 Å². The molecule has 1 aliphatic heterocycles. The Morgan fingerprint density at radius 1 is 1.03 bits per heavy atom. The van der Waals surface area contributed by atoms with E-state index in [1.807, 2.05) is 24.3 Å². The number of esters is 1. The van der Waals surface area contributed by atoms with Crippen LogP contribution in [0.4, 0.5) is 0 Å². The number of benzene rings is 2. The maximum Gasteiger partial charge on any atom is 0.336 e. The number of hydrogen-bond donors (Lipinski definition) is 1. The molecule has 0 spiro atoms. The standard InChI is InChI=1S/C29H35ClN2O4/c1-4-6-7-8-17-31-28(34)23-11-9-21(10-12-23)19-32-20(3)27(29(35)36-5-2)25(18-26(32)33)22-13-15-24(30)16-14-22/h9-16,25H,4-8,17-19H2,1-3H3,(H,31,34)/t25-/m1/s1. The molecule has 0 bridgehead atoms. The number of rotatable bonds is 11. The number of hydrogen-bond acceptors (Lipinski definition) is 4. The topological polar surface area (TPSA) is 75.7 Å². The number of amides is 2. The van der Waals surface area contributed by atoms with Crippen molar-refractivity contribution in [3.8, 4) is 0 Å². The Labute approximate surface area is 218 Å². The molecule has 0 unspecified atom stereocenters. The van der Waals surface area contributed by atoms with E-state index in [0.29, 0.717) is 34.9 Å². The predicted octanol–water partition coefficient (Wildman–Crippen LogP) is 6.00. The second kappa shape index (κ2) is 13.3. The largest absolute Gasteiger partial charge is 0.463 e. The molecule has 1 aliphatic rings. The van der Waals surface area contributed by atoms with Crippen molar-refractivity contribution in [1.29, 1.82) is 0 Å². The molecule has 0 saturated carbocycles. The van der Waals surface area contributed by atoms with Crippen LogP contribution in [0.15, 0.2) is 59.8 Å². The van der Waals surface area contributed by atoms with Gasteiger partial charge in [-0.2, -0.15) is 0 Å². The highest BCUT2D eigenvalue weighted by atomic mass is 35.5. The Balaban J connectivity index is 1.77. The molecule has 0 radical (unpaired) electrons. The molecule has 0 aromatic heterocycles. The molecular formula is C29H35ClN2O4. The number of allylic oxidation sites excluding steroid dienone is 1. The molecule has 0 saturated heterocycles. The minimum Gasteiger partial charge on any atom is -0.463 e. The van der Waals surface area contributed by atoms with Crippen molar-refractivity contribution in [3.63, 3.8) is 0 Å². The molecule has 192 valence electrons. The monoisotopic (exact) mass is 510 g/mol. The highest BCUT2D eigenvalue weighted by molar-refractivity contribution is 6.30. The van der Waals surface area contributed by atoms with Crippen molar-refractivity contribution >= 4 is 29.4 Å². The Hall–Kier alpha value is -3.12. The third-order valence-corrected chi connectivity index (χ3v) is 6.72. The summed E-state index contributed by atoms with van der Waals surface area (Å²) in [5, 5.41) is 3.55. The Morgan fingerprint density at radius 3 is 2.36 bits per heavy atom. The first-order valence-corrected chi connectivity index (χ1v) is 13.0. The van der Waals surface area contributed by atoms with Crippen molar-refractivity contribution < 1.29 is 19.1 Å². The fourth-order valence-electron chi connectivity index (χ4n) is 4.46. The Bertz CT molecular complexity index is 1090. The molecule has 2 aromatic carbocycles. The zero-order valence-corrected chi connectivity index (χ0v) is 22.1. The molecule has 2 amide bonds. The van der Waals surface area contributed by atoms with Gasteiger partial charge < -0.3 is 15.0 Å². The van der Waals surface area contributed by atoms with Gasteiger partial charge in [-0.1, -0.05) is 62.1 Å². The van der Waals surface area contributed by atoms with Gasteiger partial charge in [0.2, 0.25) is 5.91 Å². The highest BCUT2D eigenvalue weighted by Crippen LogP contribution is 2.38. The lowest BCUT2D eigenvalue weighted by atomic mass is 9.83. The van der Waals surface area contributed by atoms with Gasteiger partial charge in [0.05, 0.1) is 18.7 Å². The molecule has 3 rings (SSSR count). The SMILES string of the molecule is CCCCCCNC(=O)c1ccc(CN2C(=O)C[C@H](c3ccc(Cl)cc3)C(C(=O)OCC)=C2C)cc1. The summed E-state index contributed by atoms with van der Waals surface area (Å²) >= 11 is 6.04. The quantitative estimate of drug-likeness (QED) is 0.297. The third-order valence-electron chi connectivity index (χ3n) is 6.46. The van der Waals surface area contributed by atoms with Gasteiger partial charge in [-0.3, -0.25) is 9.59 Å². The van der Waals surface area contributed by atoms with Gasteiger partial charge in [0.25, 0.3) is 5.91 Å². The lowest BCUT2D eigenvalue weighted by molar-refractivity contribution is -0.140. The zero-order valence-electron chi connectivity index (χ0n) is 21.3.